The van der Waals surface area contributed by atoms with Gasteiger partial charge in [-0.1, -0.05) is 45.9 Å². The largest absolute Gasteiger partial charge is 0.493 e. The molecule has 4 rings (SSSR count). The molecule has 5 heteroatoms. The van der Waals surface area contributed by atoms with E-state index in [0.29, 0.717) is 18.4 Å². The molecule has 3 fully saturated rings. The molecule has 1 aliphatic heterocycles. The molecule has 1 saturated heterocycles. The number of ether oxygens (including phenoxy) is 2. The number of para-hydroxylation sites is 1. The van der Waals surface area contributed by atoms with Crippen LogP contribution in [0.5, 0.6) is 5.75 Å². The number of carbonyl (C=O) groups is 1. The van der Waals surface area contributed by atoms with Gasteiger partial charge >= 0.3 is 0 Å². The molecule has 0 radical (unpaired) electrons. The molecule has 5 atom stereocenters. The lowest BCUT2D eigenvalue weighted by molar-refractivity contribution is -0.139. The van der Waals surface area contributed by atoms with Gasteiger partial charge in [0.2, 0.25) is 5.91 Å². The summed E-state index contributed by atoms with van der Waals surface area (Å²) in [5, 5.41) is 3.50. The van der Waals surface area contributed by atoms with Crippen LogP contribution >= 0.6 is 0 Å². The lowest BCUT2D eigenvalue weighted by Crippen LogP contribution is -2.59. The second-order valence-electron chi connectivity index (χ2n) is 11.5. The van der Waals surface area contributed by atoms with E-state index in [9.17, 15) is 4.79 Å². The summed E-state index contributed by atoms with van der Waals surface area (Å²) >= 11 is 0. The molecule has 3 aliphatic rings. The molecule has 32 heavy (non-hydrogen) atoms. The third-order valence-electron chi connectivity index (χ3n) is 8.55. The number of hydrogen-bond donors (Lipinski definition) is 1. The number of nitrogens with zero attached hydrogens (tertiary/aromatic N) is 1. The zero-order valence-electron chi connectivity index (χ0n) is 20.8. The van der Waals surface area contributed by atoms with Gasteiger partial charge in [0.25, 0.3) is 0 Å². The van der Waals surface area contributed by atoms with E-state index in [1.54, 1.807) is 0 Å². The molecular formula is C27H42N2O3. The van der Waals surface area contributed by atoms with Crippen molar-refractivity contribution < 1.29 is 14.3 Å². The van der Waals surface area contributed by atoms with Crippen molar-refractivity contribution in [3.05, 3.63) is 29.8 Å². The Morgan fingerprint density at radius 1 is 1.28 bits per heavy atom. The molecule has 1 unspecified atom stereocenters. The number of rotatable bonds is 8. The maximum absolute atomic E-state index is 12.8. The van der Waals surface area contributed by atoms with Gasteiger partial charge in [-0.3, -0.25) is 4.79 Å². The van der Waals surface area contributed by atoms with Gasteiger partial charge in [-0.25, -0.2) is 0 Å². The van der Waals surface area contributed by atoms with Gasteiger partial charge in [0.15, 0.2) is 0 Å². The average molecular weight is 443 g/mol. The van der Waals surface area contributed by atoms with Crippen LogP contribution in [0.1, 0.15) is 65.0 Å². The molecule has 1 heterocycles. The zero-order chi connectivity index (χ0) is 23.1. The van der Waals surface area contributed by atoms with Crippen molar-refractivity contribution in [2.75, 3.05) is 33.9 Å². The number of carbonyl (C=O) groups excluding carboxylic acids is 1. The minimum Gasteiger partial charge on any atom is -0.493 e. The van der Waals surface area contributed by atoms with Crippen LogP contribution in [0.2, 0.25) is 0 Å². The lowest BCUT2D eigenvalue weighted by Gasteiger charge is -2.53. The Kier molecular flexibility index (Phi) is 6.61. The molecule has 1 spiro atoms. The van der Waals surface area contributed by atoms with Crippen LogP contribution in [0.3, 0.4) is 0 Å². The molecule has 1 N–H and O–H groups in total. The van der Waals surface area contributed by atoms with Crippen molar-refractivity contribution in [2.45, 2.75) is 65.5 Å². The summed E-state index contributed by atoms with van der Waals surface area (Å²) < 4.78 is 12.7. The van der Waals surface area contributed by atoms with E-state index in [2.05, 4.69) is 62.4 Å². The number of hydrogen-bond acceptors (Lipinski definition) is 4. The van der Waals surface area contributed by atoms with Gasteiger partial charge in [0, 0.05) is 30.7 Å². The zero-order valence-corrected chi connectivity index (χ0v) is 20.8. The number of nitrogens with one attached hydrogen (secondary N) is 1. The first-order valence-corrected chi connectivity index (χ1v) is 12.4. The van der Waals surface area contributed by atoms with Crippen LogP contribution in [-0.4, -0.2) is 50.7 Å². The van der Waals surface area contributed by atoms with Gasteiger partial charge in [-0.2, -0.15) is 0 Å². The van der Waals surface area contributed by atoms with E-state index >= 15 is 0 Å². The van der Waals surface area contributed by atoms with Gasteiger partial charge < -0.3 is 19.7 Å². The Labute approximate surface area is 194 Å². The number of amides is 1. The normalized spacial score (nSPS) is 32.9. The van der Waals surface area contributed by atoms with Crippen molar-refractivity contribution in [1.82, 2.24) is 10.2 Å². The van der Waals surface area contributed by atoms with Crippen molar-refractivity contribution in [3.63, 3.8) is 0 Å². The summed E-state index contributed by atoms with van der Waals surface area (Å²) in [7, 11) is 4.18. The van der Waals surface area contributed by atoms with Gasteiger partial charge in [-0.15, -0.1) is 0 Å². The molecule has 1 aromatic carbocycles. The summed E-state index contributed by atoms with van der Waals surface area (Å²) in [5.74, 6) is 2.17. The van der Waals surface area contributed by atoms with Gasteiger partial charge in [-0.05, 0) is 68.5 Å². The summed E-state index contributed by atoms with van der Waals surface area (Å²) in [6, 6.07) is 8.63. The predicted molar refractivity (Wildman–Crippen MR) is 128 cm³/mol. The van der Waals surface area contributed by atoms with E-state index in [4.69, 9.17) is 9.47 Å². The highest BCUT2D eigenvalue weighted by atomic mass is 16.5. The Bertz CT molecular complexity index is 821. The molecule has 2 bridgehead atoms. The molecule has 0 aromatic heterocycles. The monoisotopic (exact) mass is 442 g/mol. The third kappa shape index (κ3) is 4.07. The second-order valence-corrected chi connectivity index (χ2v) is 11.5. The first-order chi connectivity index (χ1) is 15.2. The van der Waals surface area contributed by atoms with E-state index in [0.717, 1.165) is 31.7 Å². The van der Waals surface area contributed by atoms with Gasteiger partial charge in [0.05, 0.1) is 12.7 Å². The van der Waals surface area contributed by atoms with E-state index in [1.807, 2.05) is 13.8 Å². The molecule has 1 aromatic rings. The molecular weight excluding hydrogens is 400 g/mol. The predicted octanol–water partition coefficient (Wildman–Crippen LogP) is 4.67. The van der Waals surface area contributed by atoms with Crippen molar-refractivity contribution >= 4 is 5.91 Å². The fourth-order valence-corrected chi connectivity index (χ4v) is 6.81. The van der Waals surface area contributed by atoms with Crippen molar-refractivity contribution in [1.29, 1.82) is 0 Å². The standard InChI is InChI=1S/C27H42N2O3/c1-18(2)24(30)28-25-26(3,4)19-16-21-23(32-15-12-27(21,25)17-19)20-10-7-8-11-22(20)31-14-9-13-29(5)6/h7-8,10-11,18-19,21,23,25H,9,12-17H2,1-6H3,(H,28,30)/t19-,21-,23-,25+,27?/m1/s1. The molecule has 2 saturated carbocycles. The summed E-state index contributed by atoms with van der Waals surface area (Å²) in [6.07, 6.45) is 4.43. The first kappa shape index (κ1) is 23.6. The SMILES string of the molecule is CC(C)C(=O)N[C@H]1C(C)(C)[C@@H]2C[C@@H]3[C@@H](c4ccccc4OCCCN(C)C)OCCC31C2. The summed E-state index contributed by atoms with van der Waals surface area (Å²) in [4.78, 5) is 15.0. The van der Waals surface area contributed by atoms with Crippen LogP contribution < -0.4 is 10.1 Å². The average Bonchev–Trinajstić information content (AvgIpc) is 3.23. The Hall–Kier alpha value is -1.59. The Morgan fingerprint density at radius 3 is 2.75 bits per heavy atom. The summed E-state index contributed by atoms with van der Waals surface area (Å²) in [6.45, 7) is 11.2. The van der Waals surface area contributed by atoms with Crippen molar-refractivity contribution in [2.24, 2.45) is 28.6 Å². The fraction of sp³-hybridized carbons (Fsp3) is 0.741. The van der Waals surface area contributed by atoms with E-state index in [-0.39, 0.29) is 34.8 Å². The second kappa shape index (κ2) is 8.98. The lowest BCUT2D eigenvalue weighted by atomic mass is 9.58. The third-order valence-corrected chi connectivity index (χ3v) is 8.55. The molecule has 1 amide bonds. The topological polar surface area (TPSA) is 50.8 Å². The molecule has 5 nitrogen and oxygen atoms in total. The van der Waals surface area contributed by atoms with Crippen LogP contribution in [0, 0.1) is 28.6 Å². The Morgan fingerprint density at radius 2 is 2.03 bits per heavy atom. The van der Waals surface area contributed by atoms with Crippen LogP contribution in [-0.2, 0) is 9.53 Å². The molecule has 2 aliphatic carbocycles. The highest BCUT2D eigenvalue weighted by Gasteiger charge is 2.68. The number of fused-ring (bicyclic) bond motifs is 1. The fourth-order valence-electron chi connectivity index (χ4n) is 6.81. The summed E-state index contributed by atoms with van der Waals surface area (Å²) in [5.41, 5.74) is 1.41. The highest BCUT2D eigenvalue weighted by Crippen LogP contribution is 2.70. The Balaban J connectivity index is 1.58. The highest BCUT2D eigenvalue weighted by molar-refractivity contribution is 5.78. The molecule has 178 valence electrons. The van der Waals surface area contributed by atoms with Gasteiger partial charge in [0.1, 0.15) is 5.75 Å². The van der Waals surface area contributed by atoms with Crippen molar-refractivity contribution in [3.8, 4) is 5.75 Å². The first-order valence-electron chi connectivity index (χ1n) is 12.4. The number of benzene rings is 1. The minimum absolute atomic E-state index is 0.00621. The van der Waals surface area contributed by atoms with Crippen LogP contribution in [0.25, 0.3) is 0 Å². The minimum atomic E-state index is 0.00621. The quantitative estimate of drug-likeness (QED) is 0.595. The van der Waals surface area contributed by atoms with Crippen LogP contribution in [0.4, 0.5) is 0 Å². The smallest absolute Gasteiger partial charge is 0.222 e. The maximum Gasteiger partial charge on any atom is 0.222 e. The maximum atomic E-state index is 12.8. The van der Waals surface area contributed by atoms with E-state index in [1.165, 1.54) is 18.4 Å². The van der Waals surface area contributed by atoms with Crippen LogP contribution in [0.15, 0.2) is 24.3 Å². The van der Waals surface area contributed by atoms with E-state index < -0.39 is 0 Å².